The second-order valence-electron chi connectivity index (χ2n) is 11.1. The van der Waals surface area contributed by atoms with Crippen molar-refractivity contribution in [3.63, 3.8) is 0 Å². The minimum atomic E-state index is -5.36. The first-order chi connectivity index (χ1) is 21.9. The first-order valence-corrected chi connectivity index (χ1v) is 15.6. The molecule has 1 N–H and O–H groups in total. The summed E-state index contributed by atoms with van der Waals surface area (Å²) in [5, 5.41) is 2.32. The number of quaternary nitrogens is 1. The molecule has 0 aromatic heterocycles. The number of hydrogen-bond donors (Lipinski definition) is 1. The van der Waals surface area contributed by atoms with Crippen molar-refractivity contribution in [1.82, 2.24) is 5.32 Å². The molecule has 2 unspecified atom stereocenters. The maximum Gasteiger partial charge on any atom is 0.573 e. The smallest absolute Gasteiger partial charge is 0.497 e. The van der Waals surface area contributed by atoms with Gasteiger partial charge in [0.2, 0.25) is 5.54 Å². The lowest BCUT2D eigenvalue weighted by atomic mass is 9.78. The molecule has 2 amide bonds. The van der Waals surface area contributed by atoms with Crippen molar-refractivity contribution in [3.05, 3.63) is 76.8 Å². The number of ether oxygens (including phenoxy) is 3. The number of nitrogens with one attached hydrogen (secondary N) is 1. The van der Waals surface area contributed by atoms with Crippen LogP contribution in [0.15, 0.2) is 65.6 Å². The first kappa shape index (κ1) is 34.2. The van der Waals surface area contributed by atoms with Gasteiger partial charge in [0.15, 0.2) is 11.8 Å². The Kier molecular flexibility index (Phi) is 8.38. The normalized spacial score (nSPS) is 23.7. The number of alkyl halides is 5. The number of likely N-dealkylation sites (N-methyl/N-ethyl adjacent to an activating group) is 2. The average molecular weight is 705 g/mol. The van der Waals surface area contributed by atoms with E-state index >= 15 is 13.6 Å². The fourth-order valence-corrected chi connectivity index (χ4v) is 8.43. The molecule has 2 aliphatic rings. The molecule has 17 heteroatoms. The van der Waals surface area contributed by atoms with E-state index in [1.807, 2.05) is 0 Å². The van der Waals surface area contributed by atoms with Crippen LogP contribution in [-0.4, -0.2) is 77.9 Å². The molecular formula is C30H28ClF5N3O7S+. The third-order valence-corrected chi connectivity index (χ3v) is 10.5. The monoisotopic (exact) mass is 704 g/mol. The number of carbonyl (C=O) groups excluding carboxylic acids is 2. The number of benzene rings is 3. The number of amides is 2. The highest BCUT2D eigenvalue weighted by atomic mass is 35.5. The second-order valence-corrected chi connectivity index (χ2v) is 13.3. The molecular weight excluding hydrogens is 677 g/mol. The van der Waals surface area contributed by atoms with Crippen LogP contribution in [-0.2, 0) is 25.2 Å². The molecule has 1 saturated heterocycles. The average Bonchev–Trinajstić information content (AvgIpc) is 3.42. The molecule has 47 heavy (non-hydrogen) atoms. The molecule has 3 aromatic carbocycles. The highest BCUT2D eigenvalue weighted by Crippen LogP contribution is 2.59. The topological polar surface area (TPSA) is 111 Å². The van der Waals surface area contributed by atoms with Crippen LogP contribution >= 0.6 is 11.6 Å². The summed E-state index contributed by atoms with van der Waals surface area (Å²) in [4.78, 5) is 27.5. The number of likely N-dealkylation sites (tertiary alicyclic amines) is 1. The summed E-state index contributed by atoms with van der Waals surface area (Å²) in [5.41, 5.74) is -3.17. The number of nitrogens with zero attached hydrogens (tertiary/aromatic N) is 2. The first-order valence-electron chi connectivity index (χ1n) is 13.8. The Morgan fingerprint density at radius 1 is 1.02 bits per heavy atom. The number of carbonyl (C=O) groups is 2. The van der Waals surface area contributed by atoms with E-state index in [1.54, 1.807) is 0 Å². The molecule has 0 bridgehead atoms. The highest BCUT2D eigenvalue weighted by Gasteiger charge is 2.75. The quantitative estimate of drug-likeness (QED) is 0.264. The number of rotatable bonds is 8. The Morgan fingerprint density at radius 2 is 1.70 bits per heavy atom. The zero-order valence-electron chi connectivity index (χ0n) is 25.2. The Hall–Kier alpha value is -4.15. The molecule has 0 aliphatic carbocycles. The van der Waals surface area contributed by atoms with E-state index in [-0.39, 0.29) is 32.0 Å². The molecule has 0 spiro atoms. The van der Waals surface area contributed by atoms with Crippen LogP contribution < -0.4 is 23.8 Å². The molecule has 10 nitrogen and oxygen atoms in total. The molecule has 3 aromatic rings. The highest BCUT2D eigenvalue weighted by molar-refractivity contribution is 7.93. The van der Waals surface area contributed by atoms with Gasteiger partial charge >= 0.3 is 18.2 Å². The molecule has 1 fully saturated rings. The largest absolute Gasteiger partial charge is 0.573 e. The second kappa shape index (κ2) is 11.5. The third-order valence-electron chi connectivity index (χ3n) is 8.51. The maximum absolute atomic E-state index is 15.5. The molecule has 2 aliphatic heterocycles. The zero-order valence-corrected chi connectivity index (χ0v) is 26.8. The number of para-hydroxylation sites is 1. The molecule has 3 atom stereocenters. The van der Waals surface area contributed by atoms with Crippen LogP contribution in [0.25, 0.3) is 0 Å². The number of methoxy groups -OCH3 is 2. The van der Waals surface area contributed by atoms with Gasteiger partial charge in [-0.2, -0.15) is 4.31 Å². The van der Waals surface area contributed by atoms with E-state index in [0.717, 1.165) is 25.3 Å². The third kappa shape index (κ3) is 5.31. The van der Waals surface area contributed by atoms with Gasteiger partial charge in [-0.3, -0.25) is 14.1 Å². The van der Waals surface area contributed by atoms with Gasteiger partial charge in [0.05, 0.1) is 44.5 Å². The molecule has 5 rings (SSSR count). The molecule has 0 radical (unpaired) electrons. The van der Waals surface area contributed by atoms with Crippen molar-refractivity contribution in [1.29, 1.82) is 0 Å². The fraction of sp³-hybridized carbons (Fsp3) is 0.333. The minimum absolute atomic E-state index is 0.0261. The van der Waals surface area contributed by atoms with Crippen molar-refractivity contribution >= 4 is 39.1 Å². The number of fused-ring (bicyclic) bond motifs is 1. The van der Waals surface area contributed by atoms with Gasteiger partial charge in [-0.1, -0.05) is 23.7 Å². The number of hydrogen-bond acceptors (Lipinski definition) is 7. The Labute approximate surface area is 271 Å². The van der Waals surface area contributed by atoms with E-state index in [0.29, 0.717) is 6.07 Å². The van der Waals surface area contributed by atoms with Crippen LogP contribution in [0.4, 0.5) is 27.6 Å². The Bertz CT molecular complexity index is 1880. The van der Waals surface area contributed by atoms with Crippen molar-refractivity contribution < 1.29 is 58.7 Å². The van der Waals surface area contributed by atoms with Gasteiger partial charge < -0.3 is 19.5 Å². The summed E-state index contributed by atoms with van der Waals surface area (Å²) < 4.78 is 114. The zero-order chi connectivity index (χ0) is 34.7. The molecule has 2 heterocycles. The van der Waals surface area contributed by atoms with Crippen molar-refractivity contribution in [2.45, 2.75) is 35.2 Å². The molecule has 252 valence electrons. The van der Waals surface area contributed by atoms with Gasteiger partial charge in [-0.05, 0) is 42.5 Å². The lowest BCUT2D eigenvalue weighted by Crippen LogP contribution is -2.69. The predicted octanol–water partition coefficient (Wildman–Crippen LogP) is 4.84. The fourth-order valence-electron chi connectivity index (χ4n) is 6.70. The van der Waals surface area contributed by atoms with Crippen LogP contribution in [0.2, 0.25) is 5.02 Å². The summed E-state index contributed by atoms with van der Waals surface area (Å²) >= 11 is 6.40. The van der Waals surface area contributed by atoms with E-state index in [4.69, 9.17) is 21.1 Å². The van der Waals surface area contributed by atoms with Gasteiger partial charge in [-0.25, -0.2) is 17.2 Å². The van der Waals surface area contributed by atoms with E-state index in [2.05, 4.69) is 10.1 Å². The number of halogens is 6. The van der Waals surface area contributed by atoms with Crippen LogP contribution in [0.5, 0.6) is 17.2 Å². The summed E-state index contributed by atoms with van der Waals surface area (Å²) in [6, 6.07) is 10.2. The van der Waals surface area contributed by atoms with E-state index in [9.17, 15) is 26.4 Å². The van der Waals surface area contributed by atoms with Crippen molar-refractivity contribution in [2.24, 2.45) is 0 Å². The van der Waals surface area contributed by atoms with E-state index in [1.165, 1.54) is 57.6 Å². The van der Waals surface area contributed by atoms with Crippen molar-refractivity contribution in [3.8, 4) is 17.2 Å². The number of anilines is 1. The Balaban J connectivity index is 1.91. The van der Waals surface area contributed by atoms with Gasteiger partial charge in [0.1, 0.15) is 22.9 Å². The van der Waals surface area contributed by atoms with Crippen LogP contribution in [0, 0.1) is 0 Å². The summed E-state index contributed by atoms with van der Waals surface area (Å²) in [7, 11) is -0.530. The lowest BCUT2D eigenvalue weighted by Gasteiger charge is -2.48. The maximum atomic E-state index is 15.5. The van der Waals surface area contributed by atoms with Crippen LogP contribution in [0.1, 0.15) is 17.5 Å². The lowest BCUT2D eigenvalue weighted by molar-refractivity contribution is -0.955. The summed E-state index contributed by atoms with van der Waals surface area (Å²) in [6.07, 6.45) is -6.38. The Morgan fingerprint density at radius 3 is 2.32 bits per heavy atom. The van der Waals surface area contributed by atoms with Gasteiger partial charge in [0, 0.05) is 18.1 Å². The molecule has 0 saturated carbocycles. The predicted molar refractivity (Wildman–Crippen MR) is 158 cm³/mol. The summed E-state index contributed by atoms with van der Waals surface area (Å²) in [6.45, 7) is -1.13. The standard InChI is InChI=1S/C30H27ClF5N3O7S/c1-37-26(40)22-15-28(32,33)16-39(22,2)29(19-7-5-6-8-23(19)45-4)20-13-17(31)9-11-21(20)38(27(29)41)47(42,43)25-12-10-18(44-3)14-24(25)46-30(34,35)36/h5-14,22H,15-16H2,1-4H3/p+1/t22-,29?,39?/m0/s1. The SMILES string of the molecule is CNC(=O)[C@@H]1CC(F)(F)C[N+]1(C)C1(c2ccccc2OC)C(=O)N(S(=O)(=O)c2ccc(OC)cc2OC(F)(F)F)c2ccc(Cl)cc21. The summed E-state index contributed by atoms with van der Waals surface area (Å²) in [5.74, 6) is -7.21. The van der Waals surface area contributed by atoms with Gasteiger partial charge in [0.25, 0.3) is 15.9 Å². The van der Waals surface area contributed by atoms with Crippen LogP contribution in [0.3, 0.4) is 0 Å². The number of sulfonamides is 1. The minimum Gasteiger partial charge on any atom is -0.497 e. The van der Waals surface area contributed by atoms with Crippen molar-refractivity contribution in [2.75, 3.05) is 39.2 Å². The van der Waals surface area contributed by atoms with Gasteiger partial charge in [-0.15, -0.1) is 13.2 Å². The van der Waals surface area contributed by atoms with E-state index < -0.39 is 79.5 Å².